The number of aryl methyl sites for hydroxylation is 1. The van der Waals surface area contributed by atoms with E-state index in [4.69, 9.17) is 15.1 Å². The fourth-order valence-electron chi connectivity index (χ4n) is 3.11. The van der Waals surface area contributed by atoms with Crippen molar-refractivity contribution in [2.45, 2.75) is 40.3 Å². The Hall–Kier alpha value is -3.42. The van der Waals surface area contributed by atoms with E-state index in [1.54, 1.807) is 17.8 Å². The van der Waals surface area contributed by atoms with Gasteiger partial charge in [-0.05, 0) is 52.0 Å². The maximum Gasteiger partial charge on any atom is 0.222 e. The van der Waals surface area contributed by atoms with Crippen molar-refractivity contribution in [2.24, 2.45) is 7.05 Å². The van der Waals surface area contributed by atoms with Crippen molar-refractivity contribution in [1.29, 1.82) is 5.41 Å². The zero-order valence-corrected chi connectivity index (χ0v) is 18.2. The molecule has 0 aliphatic heterocycles. The van der Waals surface area contributed by atoms with Crippen LogP contribution in [0.1, 0.15) is 39.1 Å². The highest BCUT2D eigenvalue weighted by atomic mass is 16.5. The summed E-state index contributed by atoms with van der Waals surface area (Å²) in [5, 5.41) is 19.7. The van der Waals surface area contributed by atoms with Crippen molar-refractivity contribution in [3.05, 3.63) is 48.0 Å². The minimum atomic E-state index is 0.184. The lowest BCUT2D eigenvalue weighted by Gasteiger charge is -2.20. The van der Waals surface area contributed by atoms with Crippen LogP contribution in [0.5, 0.6) is 5.88 Å². The van der Waals surface area contributed by atoms with Gasteiger partial charge < -0.3 is 20.8 Å². The summed E-state index contributed by atoms with van der Waals surface area (Å²) in [6.07, 6.45) is 3.62. The van der Waals surface area contributed by atoms with Crippen molar-refractivity contribution >= 4 is 17.1 Å². The number of nitrogens with one attached hydrogen (secondary N) is 3. The normalized spacial score (nSPS) is 10.9. The lowest BCUT2D eigenvalue weighted by molar-refractivity contribution is 0.328. The fourth-order valence-corrected chi connectivity index (χ4v) is 3.11. The monoisotopic (exact) mass is 407 g/mol. The van der Waals surface area contributed by atoms with E-state index in [0.717, 1.165) is 22.6 Å². The van der Waals surface area contributed by atoms with Gasteiger partial charge in [-0.25, -0.2) is 9.97 Å². The minimum absolute atomic E-state index is 0.184. The van der Waals surface area contributed by atoms with Gasteiger partial charge in [0.15, 0.2) is 0 Å². The van der Waals surface area contributed by atoms with Crippen molar-refractivity contribution in [3.8, 4) is 17.1 Å². The third kappa shape index (κ3) is 4.94. The Morgan fingerprint density at radius 1 is 1.30 bits per heavy atom. The first-order chi connectivity index (χ1) is 14.4. The Kier molecular flexibility index (Phi) is 6.66. The van der Waals surface area contributed by atoms with Crippen LogP contribution in [0.2, 0.25) is 0 Å². The quantitative estimate of drug-likeness (QED) is 0.462. The van der Waals surface area contributed by atoms with Crippen LogP contribution in [-0.4, -0.2) is 38.1 Å². The van der Waals surface area contributed by atoms with Gasteiger partial charge in [0.2, 0.25) is 5.88 Å². The van der Waals surface area contributed by atoms with Crippen molar-refractivity contribution < 1.29 is 4.74 Å². The highest BCUT2D eigenvalue weighted by molar-refractivity contribution is 6.03. The molecule has 0 unspecified atom stereocenters. The van der Waals surface area contributed by atoms with E-state index >= 15 is 0 Å². The summed E-state index contributed by atoms with van der Waals surface area (Å²) in [5.74, 6) is 0.529. The van der Waals surface area contributed by atoms with E-state index in [9.17, 15) is 0 Å². The molecule has 3 N–H and O–H groups in total. The van der Waals surface area contributed by atoms with Gasteiger partial charge in [-0.1, -0.05) is 0 Å². The van der Waals surface area contributed by atoms with Crippen LogP contribution in [0.25, 0.3) is 11.3 Å². The summed E-state index contributed by atoms with van der Waals surface area (Å²) in [4.78, 5) is 9.14. The molecule has 0 saturated carbocycles. The van der Waals surface area contributed by atoms with Gasteiger partial charge in [0, 0.05) is 25.5 Å². The Balaban J connectivity index is 2.10. The van der Waals surface area contributed by atoms with Gasteiger partial charge in [0.05, 0.1) is 47.2 Å². The molecule has 0 bridgehead atoms. The first kappa shape index (κ1) is 21.3. The van der Waals surface area contributed by atoms with E-state index in [1.165, 1.54) is 0 Å². The molecule has 0 radical (unpaired) electrons. The SMILES string of the molecule is CCOc1ncccc1-c1cc(NCc2ccn(C)n2)c(NC(C)C)c(C(C)=N)n1. The van der Waals surface area contributed by atoms with E-state index in [-0.39, 0.29) is 6.04 Å². The molecule has 0 fully saturated rings. The fraction of sp³-hybridized carbons (Fsp3) is 0.364. The Morgan fingerprint density at radius 3 is 2.73 bits per heavy atom. The number of hydrogen-bond acceptors (Lipinski definition) is 7. The average molecular weight is 408 g/mol. The van der Waals surface area contributed by atoms with Gasteiger partial charge in [-0.15, -0.1) is 0 Å². The Bertz CT molecular complexity index is 1030. The summed E-state index contributed by atoms with van der Waals surface area (Å²) in [7, 11) is 1.90. The lowest BCUT2D eigenvalue weighted by Crippen LogP contribution is -2.17. The highest BCUT2D eigenvalue weighted by Gasteiger charge is 2.18. The van der Waals surface area contributed by atoms with E-state index in [0.29, 0.717) is 36.1 Å². The van der Waals surface area contributed by atoms with Crippen LogP contribution in [0.3, 0.4) is 0 Å². The van der Waals surface area contributed by atoms with Crippen molar-refractivity contribution in [3.63, 3.8) is 0 Å². The maximum absolute atomic E-state index is 8.32. The predicted molar refractivity (Wildman–Crippen MR) is 120 cm³/mol. The summed E-state index contributed by atoms with van der Waals surface area (Å²) in [6.45, 7) is 8.86. The molecule has 0 aromatic carbocycles. The Labute approximate surface area is 177 Å². The topological polar surface area (TPSA) is 101 Å². The molecule has 0 aliphatic carbocycles. The lowest BCUT2D eigenvalue weighted by atomic mass is 10.1. The first-order valence-corrected chi connectivity index (χ1v) is 10.1. The van der Waals surface area contributed by atoms with Crippen LogP contribution in [0.15, 0.2) is 36.7 Å². The standard InChI is InChI=1S/C22H29N7O/c1-6-30-22-17(8-7-10-24-22)18-12-19(25-13-16-9-11-29(5)28-16)21(26-14(2)3)20(27-18)15(4)23/h7-12,14,23,26H,6,13H2,1-5H3,(H,25,27). The van der Waals surface area contributed by atoms with Crippen LogP contribution < -0.4 is 15.4 Å². The van der Waals surface area contributed by atoms with Gasteiger partial charge in [-0.3, -0.25) is 4.68 Å². The second-order valence-corrected chi connectivity index (χ2v) is 7.33. The van der Waals surface area contributed by atoms with Gasteiger partial charge in [0.25, 0.3) is 0 Å². The molecule has 8 nitrogen and oxygen atoms in total. The van der Waals surface area contributed by atoms with Crippen LogP contribution >= 0.6 is 0 Å². The summed E-state index contributed by atoms with van der Waals surface area (Å²) < 4.78 is 7.48. The number of aromatic nitrogens is 4. The predicted octanol–water partition coefficient (Wildman–Crippen LogP) is 4.10. The van der Waals surface area contributed by atoms with E-state index < -0.39 is 0 Å². The second-order valence-electron chi connectivity index (χ2n) is 7.33. The number of hydrogen-bond donors (Lipinski definition) is 3. The molecule has 3 aromatic heterocycles. The van der Waals surface area contributed by atoms with Crippen LogP contribution in [-0.2, 0) is 13.6 Å². The Morgan fingerprint density at radius 2 is 2.10 bits per heavy atom. The molecule has 0 spiro atoms. The van der Waals surface area contributed by atoms with Gasteiger partial charge in [-0.2, -0.15) is 5.10 Å². The van der Waals surface area contributed by atoms with E-state index in [2.05, 4.69) is 34.6 Å². The molecular formula is C22H29N7O. The highest BCUT2D eigenvalue weighted by Crippen LogP contribution is 2.34. The van der Waals surface area contributed by atoms with Gasteiger partial charge in [0.1, 0.15) is 5.69 Å². The molecule has 30 heavy (non-hydrogen) atoms. The first-order valence-electron chi connectivity index (χ1n) is 10.1. The van der Waals surface area contributed by atoms with Gasteiger partial charge >= 0.3 is 0 Å². The third-order valence-electron chi connectivity index (χ3n) is 4.36. The maximum atomic E-state index is 8.32. The number of ether oxygens (including phenoxy) is 1. The molecule has 0 atom stereocenters. The second kappa shape index (κ2) is 9.39. The molecule has 3 aromatic rings. The largest absolute Gasteiger partial charge is 0.477 e. The number of anilines is 2. The molecular weight excluding hydrogens is 378 g/mol. The molecule has 158 valence electrons. The smallest absolute Gasteiger partial charge is 0.222 e. The van der Waals surface area contributed by atoms with E-state index in [1.807, 2.05) is 44.4 Å². The summed E-state index contributed by atoms with van der Waals surface area (Å²) >= 11 is 0. The molecule has 8 heteroatoms. The van der Waals surface area contributed by atoms with Crippen LogP contribution in [0, 0.1) is 5.41 Å². The molecule has 3 heterocycles. The van der Waals surface area contributed by atoms with Crippen molar-refractivity contribution in [1.82, 2.24) is 19.7 Å². The zero-order chi connectivity index (χ0) is 21.7. The number of nitrogens with zero attached hydrogens (tertiary/aromatic N) is 4. The third-order valence-corrected chi connectivity index (χ3v) is 4.36. The van der Waals surface area contributed by atoms with Crippen LogP contribution in [0.4, 0.5) is 11.4 Å². The van der Waals surface area contributed by atoms with Crippen molar-refractivity contribution in [2.75, 3.05) is 17.2 Å². The molecule has 0 aliphatic rings. The number of pyridine rings is 2. The summed E-state index contributed by atoms with van der Waals surface area (Å²) in [5.41, 5.74) is 5.05. The number of rotatable bonds is 9. The molecule has 3 rings (SSSR count). The zero-order valence-electron chi connectivity index (χ0n) is 18.2. The molecule has 0 amide bonds. The summed E-state index contributed by atoms with van der Waals surface area (Å²) in [6, 6.07) is 7.92. The average Bonchev–Trinajstić information content (AvgIpc) is 3.12. The molecule has 0 saturated heterocycles. The minimum Gasteiger partial charge on any atom is -0.477 e.